The van der Waals surface area contributed by atoms with Gasteiger partial charge < -0.3 is 38.9 Å². The molecule has 0 heterocycles. The molecule has 0 rings (SSSR count). The van der Waals surface area contributed by atoms with Crippen LogP contribution in [-0.2, 0) is 33.3 Å². The van der Waals surface area contributed by atoms with Gasteiger partial charge in [0.1, 0.15) is 19.5 Å². The number of aldehydes is 1. The van der Waals surface area contributed by atoms with Gasteiger partial charge in [0.2, 0.25) is 0 Å². The smallest absolute Gasteiger partial charge is 0.329 e. The Morgan fingerprint density at radius 2 is 1.26 bits per heavy atom. The van der Waals surface area contributed by atoms with Gasteiger partial charge in [-0.3, -0.25) is 0 Å². The van der Waals surface area contributed by atoms with Crippen molar-refractivity contribution in [3.05, 3.63) is 0 Å². The lowest BCUT2D eigenvalue weighted by Crippen LogP contribution is -2.25. The molecule has 0 aliphatic carbocycles. The van der Waals surface area contributed by atoms with Gasteiger partial charge in [-0.2, -0.15) is 0 Å². The van der Waals surface area contributed by atoms with E-state index in [1.165, 1.54) is 0 Å². The highest BCUT2D eigenvalue weighted by Gasteiger charge is 1.96. The Hall–Kier alpha value is -1.10. The maximum absolute atomic E-state index is 10.2. The van der Waals surface area contributed by atoms with E-state index in [0.29, 0.717) is 65.6 Å². The molecule has 2 N–H and O–H groups in total. The maximum atomic E-state index is 10.2. The van der Waals surface area contributed by atoms with Crippen molar-refractivity contribution in [3.63, 3.8) is 0 Å². The molecule has 9 nitrogen and oxygen atoms in total. The van der Waals surface area contributed by atoms with E-state index in [1.807, 2.05) is 0 Å². The molecule has 0 aromatic rings. The van der Waals surface area contributed by atoms with Crippen LogP contribution in [0.3, 0.4) is 0 Å². The Kier molecular flexibility index (Phi) is 18.0. The molecule has 136 valence electrons. The predicted octanol–water partition coefficient (Wildman–Crippen LogP) is -1.06. The third-order valence-electron chi connectivity index (χ3n) is 2.37. The van der Waals surface area contributed by atoms with Gasteiger partial charge in [-0.05, 0) is 0 Å². The molecular weight excluding hydrogens is 310 g/mol. The third kappa shape index (κ3) is 20.9. The molecule has 0 aliphatic rings. The second-order valence-corrected chi connectivity index (χ2v) is 4.28. The Bertz CT molecular complexity index is 278. The van der Waals surface area contributed by atoms with Crippen LogP contribution in [0.25, 0.3) is 0 Å². The molecule has 0 saturated carbocycles. The number of aliphatic carboxylic acids is 1. The standard InChI is InChI=1S/C14H27NO8/c16-3-6-21-9-7-19-4-1-15-2-5-20-8-10-22-11-12-23-13-14(17)18/h3,15H,1-2,4-13H2,(H,17,18). The van der Waals surface area contributed by atoms with Crippen molar-refractivity contribution in [2.45, 2.75) is 0 Å². The molecule has 0 aliphatic heterocycles. The molecule has 23 heavy (non-hydrogen) atoms. The van der Waals surface area contributed by atoms with Crippen molar-refractivity contribution >= 4 is 12.3 Å². The van der Waals surface area contributed by atoms with E-state index in [9.17, 15) is 9.59 Å². The second kappa shape index (κ2) is 18.9. The van der Waals surface area contributed by atoms with Crippen LogP contribution in [0, 0.1) is 0 Å². The van der Waals surface area contributed by atoms with Gasteiger partial charge in [0, 0.05) is 13.1 Å². The van der Waals surface area contributed by atoms with Gasteiger partial charge >= 0.3 is 5.97 Å². The van der Waals surface area contributed by atoms with Crippen molar-refractivity contribution in [3.8, 4) is 0 Å². The number of carboxylic acid groups (broad SMARTS) is 1. The Morgan fingerprint density at radius 1 is 0.783 bits per heavy atom. The van der Waals surface area contributed by atoms with Gasteiger partial charge in [0.25, 0.3) is 0 Å². The lowest BCUT2D eigenvalue weighted by atomic mass is 10.6. The van der Waals surface area contributed by atoms with Gasteiger partial charge in [-0.15, -0.1) is 0 Å². The molecule has 0 unspecified atom stereocenters. The van der Waals surface area contributed by atoms with Crippen LogP contribution < -0.4 is 5.32 Å². The summed E-state index contributed by atoms with van der Waals surface area (Å²) in [5.41, 5.74) is 0. The molecule has 0 atom stereocenters. The minimum Gasteiger partial charge on any atom is -0.480 e. The highest BCUT2D eigenvalue weighted by molar-refractivity contribution is 5.67. The first-order chi connectivity index (χ1) is 11.3. The zero-order valence-electron chi connectivity index (χ0n) is 13.4. The molecule has 0 fully saturated rings. The van der Waals surface area contributed by atoms with Crippen LogP contribution in [0.4, 0.5) is 0 Å². The fourth-order valence-corrected chi connectivity index (χ4v) is 1.36. The average molecular weight is 337 g/mol. The number of carbonyl (C=O) groups is 2. The van der Waals surface area contributed by atoms with Gasteiger partial charge in [0.05, 0.1) is 52.9 Å². The van der Waals surface area contributed by atoms with Crippen LogP contribution in [0.15, 0.2) is 0 Å². The fourth-order valence-electron chi connectivity index (χ4n) is 1.36. The van der Waals surface area contributed by atoms with Gasteiger partial charge in [-0.25, -0.2) is 4.79 Å². The molecule has 0 bridgehead atoms. The zero-order valence-corrected chi connectivity index (χ0v) is 13.4. The summed E-state index contributed by atoms with van der Waals surface area (Å²) >= 11 is 0. The van der Waals surface area contributed by atoms with E-state index in [1.54, 1.807) is 0 Å². The van der Waals surface area contributed by atoms with Crippen LogP contribution in [0.5, 0.6) is 0 Å². The maximum Gasteiger partial charge on any atom is 0.329 e. The van der Waals surface area contributed by atoms with Crippen LogP contribution in [-0.4, -0.2) is 96.5 Å². The number of carbonyl (C=O) groups excluding carboxylic acids is 1. The van der Waals surface area contributed by atoms with Crippen LogP contribution >= 0.6 is 0 Å². The van der Waals surface area contributed by atoms with Crippen molar-refractivity contribution < 1.29 is 38.4 Å². The Balaban J connectivity index is 2.97. The summed E-state index contributed by atoms with van der Waals surface area (Å²) in [4.78, 5) is 20.1. The van der Waals surface area contributed by atoms with Crippen molar-refractivity contribution in [2.75, 3.05) is 79.2 Å². The molecule has 0 saturated heterocycles. The summed E-state index contributed by atoms with van der Waals surface area (Å²) in [6.45, 7) is 4.80. The van der Waals surface area contributed by atoms with Gasteiger partial charge in [-0.1, -0.05) is 0 Å². The average Bonchev–Trinajstić information content (AvgIpc) is 2.53. The normalized spacial score (nSPS) is 10.8. The van der Waals surface area contributed by atoms with Crippen molar-refractivity contribution in [2.24, 2.45) is 0 Å². The number of nitrogens with one attached hydrogen (secondary N) is 1. The van der Waals surface area contributed by atoms with Crippen molar-refractivity contribution in [1.82, 2.24) is 5.32 Å². The lowest BCUT2D eigenvalue weighted by molar-refractivity contribution is -0.142. The molecule has 0 spiro atoms. The number of hydrogen-bond acceptors (Lipinski definition) is 8. The quantitative estimate of drug-likeness (QED) is 0.225. The Labute approximate surface area is 136 Å². The summed E-state index contributed by atoms with van der Waals surface area (Å²) in [7, 11) is 0. The molecule has 0 radical (unpaired) electrons. The summed E-state index contributed by atoms with van der Waals surface area (Å²) in [5, 5.41) is 11.5. The zero-order chi connectivity index (χ0) is 17.0. The van der Waals surface area contributed by atoms with Gasteiger partial charge in [0.15, 0.2) is 0 Å². The topological polar surface area (TPSA) is 113 Å². The van der Waals surface area contributed by atoms with E-state index in [2.05, 4.69) is 5.32 Å². The fraction of sp³-hybridized carbons (Fsp3) is 0.857. The number of hydrogen-bond donors (Lipinski definition) is 2. The monoisotopic (exact) mass is 337 g/mol. The van der Waals surface area contributed by atoms with Crippen LogP contribution in [0.1, 0.15) is 0 Å². The second-order valence-electron chi connectivity index (χ2n) is 4.28. The van der Waals surface area contributed by atoms with E-state index >= 15 is 0 Å². The molecular formula is C14H27NO8. The minimum absolute atomic E-state index is 0.109. The first-order valence-electron chi connectivity index (χ1n) is 7.52. The largest absolute Gasteiger partial charge is 0.480 e. The van der Waals surface area contributed by atoms with E-state index < -0.39 is 5.97 Å². The summed E-state index contributed by atoms with van der Waals surface area (Å²) < 4.78 is 25.5. The summed E-state index contributed by atoms with van der Waals surface area (Å²) in [5.74, 6) is -0.988. The highest BCUT2D eigenvalue weighted by atomic mass is 16.5. The van der Waals surface area contributed by atoms with Crippen molar-refractivity contribution in [1.29, 1.82) is 0 Å². The minimum atomic E-state index is -0.988. The first kappa shape index (κ1) is 21.9. The number of rotatable bonds is 19. The van der Waals surface area contributed by atoms with E-state index in [4.69, 9.17) is 28.8 Å². The van der Waals surface area contributed by atoms with Crippen LogP contribution in [0.2, 0.25) is 0 Å². The number of carboxylic acids is 1. The predicted molar refractivity (Wildman–Crippen MR) is 80.7 cm³/mol. The number of ether oxygens (including phenoxy) is 5. The van der Waals surface area contributed by atoms with E-state index in [-0.39, 0.29) is 19.8 Å². The summed E-state index contributed by atoms with van der Waals surface area (Å²) in [6.07, 6.45) is 0.708. The molecule has 0 amide bonds. The molecule has 0 aromatic heterocycles. The first-order valence-corrected chi connectivity index (χ1v) is 7.52. The summed E-state index contributed by atoms with van der Waals surface area (Å²) in [6, 6.07) is 0. The third-order valence-corrected chi connectivity index (χ3v) is 2.37. The lowest BCUT2D eigenvalue weighted by Gasteiger charge is -2.08. The molecule has 0 aromatic carbocycles. The molecule has 9 heteroatoms. The SMILES string of the molecule is O=CCOCCOCCNCCOCCOCCOCC(=O)O. The van der Waals surface area contributed by atoms with E-state index in [0.717, 1.165) is 0 Å². The Morgan fingerprint density at radius 3 is 1.78 bits per heavy atom. The highest BCUT2D eigenvalue weighted by Crippen LogP contribution is 1.81.